The summed E-state index contributed by atoms with van der Waals surface area (Å²) in [6.07, 6.45) is 0.700. The normalized spacial score (nSPS) is 18.3. The number of methoxy groups -OCH3 is 1. The van der Waals surface area contributed by atoms with Gasteiger partial charge in [-0.15, -0.1) is 0 Å². The van der Waals surface area contributed by atoms with Gasteiger partial charge in [-0.05, 0) is 30.0 Å². The number of aryl methyl sites for hydroxylation is 1. The van der Waals surface area contributed by atoms with Crippen molar-refractivity contribution in [1.29, 1.82) is 0 Å². The summed E-state index contributed by atoms with van der Waals surface area (Å²) in [7, 11) is 1.53. The topological polar surface area (TPSA) is 75.1 Å². The molecule has 172 valence electrons. The summed E-state index contributed by atoms with van der Waals surface area (Å²) in [6, 6.07) is 7.05. The van der Waals surface area contributed by atoms with Crippen molar-refractivity contribution >= 4 is 28.5 Å². The number of hydrogen-bond acceptors (Lipinski definition) is 5. The van der Waals surface area contributed by atoms with Gasteiger partial charge in [-0.1, -0.05) is 23.7 Å². The molecule has 0 unspecified atom stereocenters. The average molecular weight is 472 g/mol. The summed E-state index contributed by atoms with van der Waals surface area (Å²) in [5, 5.41) is 11.1. The minimum Gasteiger partial charge on any atom is -0.490 e. The van der Waals surface area contributed by atoms with E-state index in [1.54, 1.807) is 6.20 Å². The number of ether oxygens (including phenoxy) is 2. The molecule has 1 amide bonds. The molecule has 1 saturated heterocycles. The molecule has 33 heavy (non-hydrogen) atoms. The molecular weight excluding hydrogens is 449 g/mol. The molecule has 1 fully saturated rings. The van der Waals surface area contributed by atoms with Gasteiger partial charge < -0.3 is 19.5 Å². The molecule has 3 heterocycles. The third kappa shape index (κ3) is 3.63. The van der Waals surface area contributed by atoms with E-state index in [2.05, 4.69) is 9.88 Å². The first-order valence-electron chi connectivity index (χ1n) is 10.7. The van der Waals surface area contributed by atoms with Gasteiger partial charge in [0.2, 0.25) is 5.88 Å². The Hall–Kier alpha value is -3.10. The van der Waals surface area contributed by atoms with Gasteiger partial charge in [0, 0.05) is 49.1 Å². The number of nitrogens with zero attached hydrogens (tertiary/aromatic N) is 3. The Kier molecular flexibility index (Phi) is 5.50. The van der Waals surface area contributed by atoms with Crippen LogP contribution in [0.5, 0.6) is 11.6 Å². The Morgan fingerprint density at radius 3 is 2.88 bits per heavy atom. The highest BCUT2D eigenvalue weighted by Gasteiger charge is 2.34. The van der Waals surface area contributed by atoms with Crippen molar-refractivity contribution in [2.75, 3.05) is 33.4 Å². The van der Waals surface area contributed by atoms with E-state index in [0.717, 1.165) is 10.9 Å². The first-order valence-corrected chi connectivity index (χ1v) is 11.0. The van der Waals surface area contributed by atoms with E-state index in [0.29, 0.717) is 54.3 Å². The number of carbonyl (C=O) groups is 1. The Bertz CT molecular complexity index is 1270. The van der Waals surface area contributed by atoms with E-state index >= 15 is 4.39 Å². The number of amides is 1. The van der Waals surface area contributed by atoms with Crippen molar-refractivity contribution in [2.24, 2.45) is 0 Å². The lowest BCUT2D eigenvalue weighted by Gasteiger charge is -2.38. The average Bonchev–Trinajstić information content (AvgIpc) is 2.98. The van der Waals surface area contributed by atoms with Crippen molar-refractivity contribution in [3.8, 4) is 22.8 Å². The van der Waals surface area contributed by atoms with E-state index in [-0.39, 0.29) is 23.2 Å². The monoisotopic (exact) mass is 471 g/mol. The van der Waals surface area contributed by atoms with E-state index < -0.39 is 11.9 Å². The van der Waals surface area contributed by atoms with Crippen LogP contribution in [0.3, 0.4) is 0 Å². The van der Waals surface area contributed by atoms with Crippen LogP contribution in [0.4, 0.5) is 9.18 Å². The van der Waals surface area contributed by atoms with Crippen LogP contribution in [0, 0.1) is 12.7 Å². The van der Waals surface area contributed by atoms with E-state index in [4.69, 9.17) is 21.1 Å². The lowest BCUT2D eigenvalue weighted by atomic mass is 9.93. The number of fused-ring (bicyclic) bond motifs is 3. The summed E-state index contributed by atoms with van der Waals surface area (Å²) in [6.45, 7) is 3.88. The maximum atomic E-state index is 15.7. The molecule has 1 N–H and O–H groups in total. The molecule has 0 aliphatic carbocycles. The zero-order chi connectivity index (χ0) is 23.3. The summed E-state index contributed by atoms with van der Waals surface area (Å²) in [4.78, 5) is 19.2. The highest BCUT2D eigenvalue weighted by molar-refractivity contribution is 6.35. The molecule has 2 aliphatic rings. The molecule has 5 rings (SSSR count). The van der Waals surface area contributed by atoms with Gasteiger partial charge in [-0.2, -0.15) is 0 Å². The van der Waals surface area contributed by atoms with Crippen LogP contribution in [-0.4, -0.2) is 65.4 Å². The van der Waals surface area contributed by atoms with E-state index in [9.17, 15) is 9.90 Å². The predicted octanol–water partition coefficient (Wildman–Crippen LogP) is 4.57. The fourth-order valence-corrected chi connectivity index (χ4v) is 5.16. The fraction of sp³-hybridized carbons (Fsp3) is 0.333. The maximum Gasteiger partial charge on any atom is 0.407 e. The van der Waals surface area contributed by atoms with Gasteiger partial charge in [0.1, 0.15) is 18.2 Å². The van der Waals surface area contributed by atoms with Crippen LogP contribution in [0.2, 0.25) is 5.02 Å². The second-order valence-electron chi connectivity index (χ2n) is 8.38. The standard InChI is InChI=1S/C24H23ClFN3O4/c1-13-3-4-14-5-6-27-23(32-2)19(14)18(13)20-17(26)9-15-10-28-7-8-29(24(30)31)11-16(28)12-33-22(15)21(20)25/h3-6,9,16H,7-8,10-12H2,1-2H3,(H,30,31)/t16-/m1/s1. The van der Waals surface area contributed by atoms with Crippen LogP contribution in [0.25, 0.3) is 21.9 Å². The van der Waals surface area contributed by atoms with E-state index in [1.807, 2.05) is 25.1 Å². The zero-order valence-corrected chi connectivity index (χ0v) is 19.0. The van der Waals surface area contributed by atoms with Crippen LogP contribution in [-0.2, 0) is 6.54 Å². The second kappa shape index (κ2) is 8.35. The van der Waals surface area contributed by atoms with Gasteiger partial charge in [-0.3, -0.25) is 4.90 Å². The Morgan fingerprint density at radius 1 is 1.30 bits per heavy atom. The lowest BCUT2D eigenvalue weighted by molar-refractivity contribution is 0.0503. The first-order chi connectivity index (χ1) is 15.9. The van der Waals surface area contributed by atoms with E-state index in [1.165, 1.54) is 18.1 Å². The molecule has 0 spiro atoms. The molecule has 0 saturated carbocycles. The van der Waals surface area contributed by atoms with Crippen LogP contribution in [0.1, 0.15) is 11.1 Å². The smallest absolute Gasteiger partial charge is 0.407 e. The van der Waals surface area contributed by atoms with Gasteiger partial charge >= 0.3 is 6.09 Å². The number of rotatable bonds is 2. The van der Waals surface area contributed by atoms with Gasteiger partial charge in [0.15, 0.2) is 0 Å². The quantitative estimate of drug-likeness (QED) is 0.590. The van der Waals surface area contributed by atoms with Crippen molar-refractivity contribution in [2.45, 2.75) is 19.5 Å². The number of aromatic nitrogens is 1. The van der Waals surface area contributed by atoms with Crippen LogP contribution in [0.15, 0.2) is 30.5 Å². The molecule has 1 aromatic heterocycles. The molecule has 2 aliphatic heterocycles. The molecule has 0 bridgehead atoms. The number of piperazine rings is 1. The lowest BCUT2D eigenvalue weighted by Crippen LogP contribution is -2.55. The fourth-order valence-electron chi connectivity index (χ4n) is 4.80. The summed E-state index contributed by atoms with van der Waals surface area (Å²) >= 11 is 6.83. The molecular formula is C24H23ClFN3O4. The van der Waals surface area contributed by atoms with Crippen LogP contribution >= 0.6 is 11.6 Å². The largest absolute Gasteiger partial charge is 0.490 e. The van der Waals surface area contributed by atoms with Crippen molar-refractivity contribution in [3.05, 3.63) is 52.4 Å². The zero-order valence-electron chi connectivity index (χ0n) is 18.3. The summed E-state index contributed by atoms with van der Waals surface area (Å²) < 4.78 is 27.3. The highest BCUT2D eigenvalue weighted by Crippen LogP contribution is 2.46. The number of benzene rings is 2. The van der Waals surface area contributed by atoms with Gasteiger partial charge in [0.25, 0.3) is 0 Å². The number of carboxylic acid groups (broad SMARTS) is 1. The second-order valence-corrected chi connectivity index (χ2v) is 8.75. The Labute approximate surface area is 195 Å². The SMILES string of the molecule is COc1nccc2ccc(C)c(-c3c(F)cc4c(c3Cl)OC[C@H]3CN(C(=O)O)CCN3C4)c12. The first kappa shape index (κ1) is 21.7. The molecule has 2 aromatic carbocycles. The molecule has 9 heteroatoms. The molecule has 3 aromatic rings. The summed E-state index contributed by atoms with van der Waals surface area (Å²) in [5.41, 5.74) is 2.34. The van der Waals surface area contributed by atoms with Gasteiger partial charge in [-0.25, -0.2) is 14.2 Å². The number of pyridine rings is 1. The van der Waals surface area contributed by atoms with Crippen molar-refractivity contribution < 1.29 is 23.8 Å². The third-order valence-corrected chi connectivity index (χ3v) is 6.83. The predicted molar refractivity (Wildman–Crippen MR) is 123 cm³/mol. The van der Waals surface area contributed by atoms with Gasteiger partial charge in [0.05, 0.1) is 23.6 Å². The Morgan fingerprint density at radius 2 is 2.12 bits per heavy atom. The molecule has 0 radical (unpaired) electrons. The maximum absolute atomic E-state index is 15.7. The number of hydrogen-bond donors (Lipinski definition) is 1. The third-order valence-electron chi connectivity index (χ3n) is 6.47. The summed E-state index contributed by atoms with van der Waals surface area (Å²) in [5.74, 6) is 0.374. The molecule has 7 nitrogen and oxygen atoms in total. The number of halogens is 2. The van der Waals surface area contributed by atoms with Crippen molar-refractivity contribution in [3.63, 3.8) is 0 Å². The Balaban J connectivity index is 1.63. The highest BCUT2D eigenvalue weighted by atomic mass is 35.5. The molecule has 1 atom stereocenters. The van der Waals surface area contributed by atoms with Crippen LogP contribution < -0.4 is 9.47 Å². The minimum absolute atomic E-state index is 0.131. The minimum atomic E-state index is -0.947. The van der Waals surface area contributed by atoms with Crippen molar-refractivity contribution in [1.82, 2.24) is 14.8 Å².